The second-order valence-corrected chi connectivity index (χ2v) is 4.63. The molecule has 0 bridgehead atoms. The van der Waals surface area contributed by atoms with Gasteiger partial charge in [-0.1, -0.05) is 6.92 Å². The van der Waals surface area contributed by atoms with Crippen LogP contribution < -0.4 is 15.4 Å². The van der Waals surface area contributed by atoms with Gasteiger partial charge in [-0.2, -0.15) is 15.0 Å². The summed E-state index contributed by atoms with van der Waals surface area (Å²) in [7, 11) is 0. The summed E-state index contributed by atoms with van der Waals surface area (Å²) >= 11 is 0. The molecule has 0 spiro atoms. The first-order chi connectivity index (χ1) is 9.24. The number of anilines is 2. The Bertz CT molecular complexity index is 411. The molecule has 1 aliphatic rings. The maximum Gasteiger partial charge on any atom is 0.323 e. The first kappa shape index (κ1) is 13.8. The number of nitrogens with zero attached hydrogens (tertiary/aromatic N) is 4. The zero-order valence-electron chi connectivity index (χ0n) is 11.2. The molecule has 0 atom stereocenters. The monoisotopic (exact) mass is 267 g/mol. The fraction of sp³-hybridized carbons (Fsp3) is 0.750. The topological polar surface area (TPSA) is 97.4 Å². The fourth-order valence-electron chi connectivity index (χ4n) is 2.00. The molecule has 0 aliphatic heterocycles. The van der Waals surface area contributed by atoms with Crippen LogP contribution in [0, 0.1) is 0 Å². The van der Waals surface area contributed by atoms with Gasteiger partial charge < -0.3 is 20.5 Å². The Labute approximate surface area is 112 Å². The number of rotatable bonds is 7. The molecule has 1 aromatic rings. The number of hydrogen-bond donors (Lipinski definition) is 2. The summed E-state index contributed by atoms with van der Waals surface area (Å²) in [5.41, 5.74) is 5.69. The number of aliphatic hydroxyl groups is 1. The third kappa shape index (κ3) is 3.44. The number of aliphatic hydroxyl groups excluding tert-OH is 1. The lowest BCUT2D eigenvalue weighted by molar-refractivity contribution is 0.277. The molecule has 1 fully saturated rings. The predicted octanol–water partition coefficient (Wildman–Crippen LogP) is 0.594. The molecule has 1 saturated carbocycles. The summed E-state index contributed by atoms with van der Waals surface area (Å²) < 4.78 is 5.40. The molecule has 19 heavy (non-hydrogen) atoms. The van der Waals surface area contributed by atoms with Gasteiger partial charge in [0, 0.05) is 12.6 Å². The van der Waals surface area contributed by atoms with Gasteiger partial charge in [-0.05, 0) is 25.7 Å². The van der Waals surface area contributed by atoms with Crippen molar-refractivity contribution in [3.63, 3.8) is 0 Å². The third-order valence-corrected chi connectivity index (χ3v) is 3.17. The molecule has 0 amide bonds. The van der Waals surface area contributed by atoms with Gasteiger partial charge in [-0.15, -0.1) is 0 Å². The highest BCUT2D eigenvalue weighted by molar-refractivity contribution is 5.37. The van der Waals surface area contributed by atoms with Crippen molar-refractivity contribution in [1.29, 1.82) is 0 Å². The molecule has 0 aromatic carbocycles. The van der Waals surface area contributed by atoms with E-state index in [0.717, 1.165) is 19.3 Å². The Hall–Kier alpha value is -1.63. The smallest absolute Gasteiger partial charge is 0.323 e. The Morgan fingerprint density at radius 1 is 1.37 bits per heavy atom. The van der Waals surface area contributed by atoms with E-state index in [4.69, 9.17) is 10.5 Å². The number of nitrogen functional groups attached to an aromatic ring is 1. The molecular formula is C12H21N5O2. The van der Waals surface area contributed by atoms with Crippen LogP contribution in [0.1, 0.15) is 32.6 Å². The van der Waals surface area contributed by atoms with Crippen LogP contribution in [-0.4, -0.2) is 45.9 Å². The van der Waals surface area contributed by atoms with Crippen LogP contribution in [0.3, 0.4) is 0 Å². The summed E-state index contributed by atoms with van der Waals surface area (Å²) in [4.78, 5) is 14.4. The largest absolute Gasteiger partial charge is 0.463 e. The van der Waals surface area contributed by atoms with Crippen LogP contribution in [0.25, 0.3) is 0 Å². The van der Waals surface area contributed by atoms with Crippen molar-refractivity contribution in [3.8, 4) is 6.01 Å². The summed E-state index contributed by atoms with van der Waals surface area (Å²) in [5.74, 6) is 0.649. The van der Waals surface area contributed by atoms with Crippen LogP contribution in [0.4, 0.5) is 11.9 Å². The maximum atomic E-state index is 9.17. The summed E-state index contributed by atoms with van der Waals surface area (Å²) in [6.45, 7) is 3.12. The molecule has 7 nitrogen and oxygen atoms in total. The molecule has 1 aromatic heterocycles. The second-order valence-electron chi connectivity index (χ2n) is 4.63. The van der Waals surface area contributed by atoms with Gasteiger partial charge >= 0.3 is 6.01 Å². The van der Waals surface area contributed by atoms with E-state index in [1.807, 2.05) is 11.8 Å². The number of hydrogen-bond acceptors (Lipinski definition) is 7. The SMILES string of the molecule is CCCOc1nc(N)nc(N(CCO)C2CCC2)n1. The van der Waals surface area contributed by atoms with Gasteiger partial charge in [-0.25, -0.2) is 0 Å². The molecule has 7 heteroatoms. The van der Waals surface area contributed by atoms with Crippen molar-refractivity contribution in [2.45, 2.75) is 38.6 Å². The number of nitrogens with two attached hydrogens (primary N) is 1. The Kier molecular flexibility index (Phi) is 4.73. The van der Waals surface area contributed by atoms with E-state index < -0.39 is 0 Å². The Balaban J connectivity index is 2.17. The van der Waals surface area contributed by atoms with E-state index in [0.29, 0.717) is 25.1 Å². The van der Waals surface area contributed by atoms with Crippen LogP contribution in [-0.2, 0) is 0 Å². The van der Waals surface area contributed by atoms with Crippen molar-refractivity contribution in [2.24, 2.45) is 0 Å². The highest BCUT2D eigenvalue weighted by Gasteiger charge is 2.27. The van der Waals surface area contributed by atoms with Crippen molar-refractivity contribution in [3.05, 3.63) is 0 Å². The minimum absolute atomic E-state index is 0.0627. The van der Waals surface area contributed by atoms with Gasteiger partial charge in [0.15, 0.2) is 0 Å². The standard InChI is InChI=1S/C12H21N5O2/c1-2-8-19-12-15-10(13)14-11(16-12)17(6-7-18)9-4-3-5-9/h9,18H,2-8H2,1H3,(H2,13,14,15,16). The third-order valence-electron chi connectivity index (χ3n) is 3.17. The molecule has 2 rings (SSSR count). The predicted molar refractivity (Wildman–Crippen MR) is 72.1 cm³/mol. The molecule has 1 aliphatic carbocycles. The summed E-state index contributed by atoms with van der Waals surface area (Å²) in [5, 5.41) is 9.17. The molecule has 3 N–H and O–H groups in total. The lowest BCUT2D eigenvalue weighted by Crippen LogP contribution is -2.43. The quantitative estimate of drug-likeness (QED) is 0.746. The normalized spacial score (nSPS) is 15.1. The number of aromatic nitrogens is 3. The van der Waals surface area contributed by atoms with Crippen LogP contribution in [0.5, 0.6) is 6.01 Å². The summed E-state index contributed by atoms with van der Waals surface area (Å²) in [6.07, 6.45) is 4.27. The lowest BCUT2D eigenvalue weighted by Gasteiger charge is -2.37. The van der Waals surface area contributed by atoms with E-state index in [2.05, 4.69) is 15.0 Å². The van der Waals surface area contributed by atoms with Crippen LogP contribution in [0.2, 0.25) is 0 Å². The second kappa shape index (κ2) is 6.51. The van der Waals surface area contributed by atoms with Crippen molar-refractivity contribution in [2.75, 3.05) is 30.4 Å². The first-order valence-corrected chi connectivity index (χ1v) is 6.76. The maximum absolute atomic E-state index is 9.17. The van der Waals surface area contributed by atoms with E-state index in [1.54, 1.807) is 0 Å². The Morgan fingerprint density at radius 2 is 2.16 bits per heavy atom. The van der Waals surface area contributed by atoms with E-state index >= 15 is 0 Å². The van der Waals surface area contributed by atoms with Crippen molar-refractivity contribution >= 4 is 11.9 Å². The highest BCUT2D eigenvalue weighted by Crippen LogP contribution is 2.28. The van der Waals surface area contributed by atoms with Gasteiger partial charge in [0.2, 0.25) is 11.9 Å². The highest BCUT2D eigenvalue weighted by atomic mass is 16.5. The molecule has 0 radical (unpaired) electrons. The van der Waals surface area contributed by atoms with Crippen LogP contribution >= 0.6 is 0 Å². The molecule has 0 saturated heterocycles. The van der Waals surface area contributed by atoms with Gasteiger partial charge in [-0.3, -0.25) is 0 Å². The fourth-order valence-corrected chi connectivity index (χ4v) is 2.00. The Morgan fingerprint density at radius 3 is 2.74 bits per heavy atom. The van der Waals surface area contributed by atoms with E-state index in [9.17, 15) is 5.11 Å². The minimum atomic E-state index is 0.0627. The zero-order chi connectivity index (χ0) is 13.7. The number of ether oxygens (including phenoxy) is 1. The molecule has 106 valence electrons. The average molecular weight is 267 g/mol. The average Bonchev–Trinajstić information content (AvgIpc) is 2.33. The first-order valence-electron chi connectivity index (χ1n) is 6.76. The van der Waals surface area contributed by atoms with E-state index in [-0.39, 0.29) is 18.6 Å². The molecule has 0 unspecified atom stereocenters. The lowest BCUT2D eigenvalue weighted by atomic mass is 9.92. The van der Waals surface area contributed by atoms with Gasteiger partial charge in [0.05, 0.1) is 13.2 Å². The van der Waals surface area contributed by atoms with Gasteiger partial charge in [0.1, 0.15) is 0 Å². The van der Waals surface area contributed by atoms with E-state index in [1.165, 1.54) is 6.42 Å². The van der Waals surface area contributed by atoms with Gasteiger partial charge in [0.25, 0.3) is 0 Å². The molecular weight excluding hydrogens is 246 g/mol. The zero-order valence-corrected chi connectivity index (χ0v) is 11.2. The molecule has 1 heterocycles. The summed E-state index contributed by atoms with van der Waals surface area (Å²) in [6, 6.07) is 0.639. The minimum Gasteiger partial charge on any atom is -0.463 e. The van der Waals surface area contributed by atoms with Crippen molar-refractivity contribution in [1.82, 2.24) is 15.0 Å². The van der Waals surface area contributed by atoms with Crippen LogP contribution in [0.15, 0.2) is 0 Å². The van der Waals surface area contributed by atoms with Crippen molar-refractivity contribution < 1.29 is 9.84 Å².